The summed E-state index contributed by atoms with van der Waals surface area (Å²) < 4.78 is 29.7. The number of aryl methyl sites for hydroxylation is 1. The van der Waals surface area contributed by atoms with Crippen molar-refractivity contribution in [2.24, 2.45) is 0 Å². The molecule has 0 amide bonds. The van der Waals surface area contributed by atoms with E-state index in [4.69, 9.17) is 0 Å². The van der Waals surface area contributed by atoms with Gasteiger partial charge in [-0.15, -0.1) is 0 Å². The molecule has 0 bridgehead atoms. The van der Waals surface area contributed by atoms with E-state index in [1.807, 2.05) is 37.4 Å². The number of sulfonamides is 1. The number of nitrogens with zero attached hydrogens (tertiary/aromatic N) is 1. The zero-order valence-electron chi connectivity index (χ0n) is 14.3. The quantitative estimate of drug-likeness (QED) is 0.570. The van der Waals surface area contributed by atoms with E-state index < -0.39 is 10.0 Å². The fraction of sp³-hybridized carbons (Fsp3) is 0.0476. The average molecular weight is 362 g/mol. The van der Waals surface area contributed by atoms with Crippen molar-refractivity contribution in [1.82, 2.24) is 4.57 Å². The number of benzene rings is 3. The zero-order valence-corrected chi connectivity index (χ0v) is 15.1. The number of anilines is 1. The Morgan fingerprint density at radius 1 is 0.808 bits per heavy atom. The highest BCUT2D eigenvalue weighted by atomic mass is 32.2. The van der Waals surface area contributed by atoms with Crippen molar-refractivity contribution >= 4 is 26.6 Å². The van der Waals surface area contributed by atoms with Gasteiger partial charge in [-0.2, -0.15) is 0 Å². The summed E-state index contributed by atoms with van der Waals surface area (Å²) in [6, 6.07) is 24.3. The predicted molar refractivity (Wildman–Crippen MR) is 105 cm³/mol. The molecule has 1 heterocycles. The molecule has 130 valence electrons. The molecule has 0 aliphatic carbocycles. The number of rotatable bonds is 4. The summed E-state index contributed by atoms with van der Waals surface area (Å²) in [7, 11) is -3.59. The van der Waals surface area contributed by atoms with Gasteiger partial charge in [-0.05, 0) is 60.8 Å². The molecule has 4 aromatic rings. The van der Waals surface area contributed by atoms with Crippen LogP contribution in [0.15, 0.2) is 90.0 Å². The predicted octanol–water partition coefficient (Wildman–Crippen LogP) is 4.74. The van der Waals surface area contributed by atoms with Crippen molar-refractivity contribution in [3.8, 4) is 5.69 Å². The van der Waals surface area contributed by atoms with Crippen LogP contribution in [0.2, 0.25) is 0 Å². The SMILES string of the molecule is Cc1ccc(S(=O)(=O)Nc2ccc(-n3ccc4ccccc43)cc2)cc1. The zero-order chi connectivity index (χ0) is 18.1. The van der Waals surface area contributed by atoms with Crippen molar-refractivity contribution in [2.75, 3.05) is 4.72 Å². The molecule has 0 fully saturated rings. The summed E-state index contributed by atoms with van der Waals surface area (Å²) in [5, 5.41) is 1.16. The number of fused-ring (bicyclic) bond motifs is 1. The lowest BCUT2D eigenvalue weighted by atomic mass is 10.2. The lowest BCUT2D eigenvalue weighted by molar-refractivity contribution is 0.601. The Morgan fingerprint density at radius 2 is 1.50 bits per heavy atom. The Hall–Kier alpha value is -3.05. The first-order valence-corrected chi connectivity index (χ1v) is 9.77. The maximum atomic E-state index is 12.5. The van der Waals surface area contributed by atoms with Crippen LogP contribution in [0.25, 0.3) is 16.6 Å². The van der Waals surface area contributed by atoms with Gasteiger partial charge in [0, 0.05) is 17.6 Å². The van der Waals surface area contributed by atoms with Gasteiger partial charge in [-0.1, -0.05) is 35.9 Å². The topological polar surface area (TPSA) is 51.1 Å². The van der Waals surface area contributed by atoms with E-state index in [9.17, 15) is 8.42 Å². The highest BCUT2D eigenvalue weighted by molar-refractivity contribution is 7.92. The minimum absolute atomic E-state index is 0.253. The van der Waals surface area contributed by atoms with Crippen LogP contribution in [0, 0.1) is 6.92 Å². The highest BCUT2D eigenvalue weighted by Gasteiger charge is 2.13. The molecule has 0 saturated heterocycles. The molecule has 1 N–H and O–H groups in total. The van der Waals surface area contributed by atoms with E-state index in [0.717, 1.165) is 22.2 Å². The van der Waals surface area contributed by atoms with Crippen LogP contribution < -0.4 is 4.72 Å². The molecule has 0 saturated carbocycles. The van der Waals surface area contributed by atoms with E-state index >= 15 is 0 Å². The Balaban J connectivity index is 1.61. The maximum Gasteiger partial charge on any atom is 0.261 e. The molecule has 4 rings (SSSR count). The largest absolute Gasteiger partial charge is 0.317 e. The third-order valence-electron chi connectivity index (χ3n) is 4.33. The minimum Gasteiger partial charge on any atom is -0.317 e. The second-order valence-corrected chi connectivity index (χ2v) is 7.89. The number of para-hydroxylation sites is 1. The van der Waals surface area contributed by atoms with Gasteiger partial charge in [0.1, 0.15) is 0 Å². The Labute approximate surface area is 152 Å². The highest BCUT2D eigenvalue weighted by Crippen LogP contribution is 2.22. The van der Waals surface area contributed by atoms with Gasteiger partial charge >= 0.3 is 0 Å². The summed E-state index contributed by atoms with van der Waals surface area (Å²) >= 11 is 0. The third kappa shape index (κ3) is 3.09. The average Bonchev–Trinajstić information content (AvgIpc) is 3.07. The van der Waals surface area contributed by atoms with Crippen LogP contribution in [0.3, 0.4) is 0 Å². The summed E-state index contributed by atoms with van der Waals surface area (Å²) in [6.45, 7) is 1.92. The van der Waals surface area contributed by atoms with Crippen molar-refractivity contribution < 1.29 is 8.42 Å². The standard InChI is InChI=1S/C21H18N2O2S/c1-16-6-12-20(13-7-16)26(24,25)22-18-8-10-19(11-9-18)23-15-14-17-4-2-3-5-21(17)23/h2-15,22H,1H3. The molecule has 0 atom stereocenters. The Morgan fingerprint density at radius 3 is 2.23 bits per heavy atom. The van der Waals surface area contributed by atoms with Gasteiger partial charge in [0.2, 0.25) is 0 Å². The molecule has 1 aromatic heterocycles. The monoisotopic (exact) mass is 362 g/mol. The lowest BCUT2D eigenvalue weighted by Crippen LogP contribution is -2.12. The van der Waals surface area contributed by atoms with E-state index in [1.54, 1.807) is 36.4 Å². The minimum atomic E-state index is -3.59. The molecule has 0 spiro atoms. The Kier molecular flexibility index (Phi) is 4.01. The van der Waals surface area contributed by atoms with Gasteiger partial charge < -0.3 is 4.57 Å². The van der Waals surface area contributed by atoms with Crippen molar-refractivity contribution in [3.05, 3.63) is 90.6 Å². The number of hydrogen-bond acceptors (Lipinski definition) is 2. The van der Waals surface area contributed by atoms with Crippen LogP contribution in [-0.4, -0.2) is 13.0 Å². The van der Waals surface area contributed by atoms with E-state index in [0.29, 0.717) is 5.69 Å². The molecule has 0 radical (unpaired) electrons. The molecule has 5 heteroatoms. The number of aromatic nitrogens is 1. The Bertz CT molecular complexity index is 1160. The lowest BCUT2D eigenvalue weighted by Gasteiger charge is -2.10. The molecule has 3 aromatic carbocycles. The van der Waals surface area contributed by atoms with Crippen molar-refractivity contribution in [2.45, 2.75) is 11.8 Å². The normalized spacial score (nSPS) is 11.6. The first kappa shape index (κ1) is 16.4. The maximum absolute atomic E-state index is 12.5. The first-order valence-electron chi connectivity index (χ1n) is 8.29. The molecule has 0 aliphatic rings. The van der Waals surface area contributed by atoms with Gasteiger partial charge in [0.25, 0.3) is 10.0 Å². The fourth-order valence-electron chi connectivity index (χ4n) is 2.93. The van der Waals surface area contributed by atoms with Crippen molar-refractivity contribution in [1.29, 1.82) is 0 Å². The fourth-order valence-corrected chi connectivity index (χ4v) is 3.99. The molecular formula is C21H18N2O2S. The van der Waals surface area contributed by atoms with Crippen LogP contribution in [-0.2, 0) is 10.0 Å². The van der Waals surface area contributed by atoms with Crippen LogP contribution in [0.1, 0.15) is 5.56 Å². The van der Waals surface area contributed by atoms with Gasteiger partial charge in [-0.25, -0.2) is 8.42 Å². The first-order chi connectivity index (χ1) is 12.5. The van der Waals surface area contributed by atoms with Gasteiger partial charge in [-0.3, -0.25) is 4.72 Å². The third-order valence-corrected chi connectivity index (χ3v) is 5.73. The van der Waals surface area contributed by atoms with Crippen LogP contribution >= 0.6 is 0 Å². The molecule has 0 unspecified atom stereocenters. The van der Waals surface area contributed by atoms with Crippen LogP contribution in [0.4, 0.5) is 5.69 Å². The van der Waals surface area contributed by atoms with E-state index in [1.165, 1.54) is 0 Å². The molecule has 0 aliphatic heterocycles. The molecular weight excluding hydrogens is 344 g/mol. The summed E-state index contributed by atoms with van der Waals surface area (Å²) in [4.78, 5) is 0.253. The summed E-state index contributed by atoms with van der Waals surface area (Å²) in [5.41, 5.74) is 3.64. The van der Waals surface area contributed by atoms with Gasteiger partial charge in [0.05, 0.1) is 10.4 Å². The van der Waals surface area contributed by atoms with Gasteiger partial charge in [0.15, 0.2) is 0 Å². The van der Waals surface area contributed by atoms with E-state index in [2.05, 4.69) is 27.5 Å². The molecule has 26 heavy (non-hydrogen) atoms. The number of hydrogen-bond donors (Lipinski definition) is 1. The van der Waals surface area contributed by atoms with Crippen LogP contribution in [0.5, 0.6) is 0 Å². The summed E-state index contributed by atoms with van der Waals surface area (Å²) in [5.74, 6) is 0. The smallest absolute Gasteiger partial charge is 0.261 e. The molecule has 4 nitrogen and oxygen atoms in total. The number of nitrogens with one attached hydrogen (secondary N) is 1. The van der Waals surface area contributed by atoms with E-state index in [-0.39, 0.29) is 4.90 Å². The second-order valence-electron chi connectivity index (χ2n) is 6.21. The summed E-state index contributed by atoms with van der Waals surface area (Å²) in [6.07, 6.45) is 2.01. The van der Waals surface area contributed by atoms with Crippen molar-refractivity contribution in [3.63, 3.8) is 0 Å². The second kappa shape index (κ2) is 6.35.